The van der Waals surface area contributed by atoms with Crippen molar-refractivity contribution in [3.63, 3.8) is 0 Å². The number of nitrogens with two attached hydrogens (primary N) is 1. The van der Waals surface area contributed by atoms with Gasteiger partial charge in [0, 0.05) is 7.11 Å². The average molecular weight is 159 g/mol. The summed E-state index contributed by atoms with van der Waals surface area (Å²) in [6.07, 6.45) is 0. The first kappa shape index (κ1) is 11.6. The zero-order chi connectivity index (χ0) is 6.62. The van der Waals surface area contributed by atoms with Crippen molar-refractivity contribution in [2.75, 3.05) is 19.5 Å². The SMILES string of the molecule is COCCS(N)(=O)=O.F. The lowest BCUT2D eigenvalue weighted by atomic mass is 10.9. The molecular weight excluding hydrogens is 149 g/mol. The number of ether oxygens (including phenoxy) is 1. The normalized spacial score (nSPS) is 10.4. The van der Waals surface area contributed by atoms with Crippen molar-refractivity contribution in [1.29, 1.82) is 0 Å². The molecule has 0 radical (unpaired) electrons. The van der Waals surface area contributed by atoms with Crippen molar-refractivity contribution in [2.24, 2.45) is 5.14 Å². The van der Waals surface area contributed by atoms with Crippen LogP contribution in [0.15, 0.2) is 0 Å². The summed E-state index contributed by atoms with van der Waals surface area (Å²) in [5.74, 6) is -0.108. The van der Waals surface area contributed by atoms with E-state index in [1.54, 1.807) is 0 Å². The summed E-state index contributed by atoms with van der Waals surface area (Å²) in [6, 6.07) is 0. The molecule has 0 aromatic carbocycles. The van der Waals surface area contributed by atoms with Crippen LogP contribution in [0.2, 0.25) is 0 Å². The van der Waals surface area contributed by atoms with Crippen LogP contribution in [-0.2, 0) is 14.8 Å². The molecule has 0 rings (SSSR count). The highest BCUT2D eigenvalue weighted by Gasteiger charge is 1.98. The quantitative estimate of drug-likeness (QED) is 0.578. The summed E-state index contributed by atoms with van der Waals surface area (Å²) in [4.78, 5) is 0. The molecule has 0 aromatic heterocycles. The number of halogens is 1. The van der Waals surface area contributed by atoms with Crippen LogP contribution in [0.4, 0.5) is 4.70 Å². The minimum Gasteiger partial charge on any atom is -0.384 e. The minimum absolute atomic E-state index is 0. The number of hydrogen-bond donors (Lipinski definition) is 1. The van der Waals surface area contributed by atoms with Gasteiger partial charge in [0.15, 0.2) is 0 Å². The average Bonchev–Trinajstić information content (AvgIpc) is 1.59. The van der Waals surface area contributed by atoms with Crippen LogP contribution in [0.3, 0.4) is 0 Å². The second-order valence-corrected chi connectivity index (χ2v) is 3.09. The fourth-order valence-corrected chi connectivity index (χ4v) is 0.598. The van der Waals surface area contributed by atoms with Gasteiger partial charge in [-0.2, -0.15) is 0 Å². The van der Waals surface area contributed by atoms with E-state index in [1.807, 2.05) is 0 Å². The number of primary sulfonamides is 1. The molecule has 2 N–H and O–H groups in total. The fourth-order valence-electron chi connectivity index (χ4n) is 0.199. The lowest BCUT2D eigenvalue weighted by Crippen LogP contribution is -2.19. The van der Waals surface area contributed by atoms with Crippen LogP contribution in [0, 0.1) is 0 Å². The number of methoxy groups -OCH3 is 1. The molecule has 58 valence electrons. The van der Waals surface area contributed by atoms with Crippen molar-refractivity contribution in [3.8, 4) is 0 Å². The molecule has 0 atom stereocenters. The van der Waals surface area contributed by atoms with Crippen LogP contribution in [0.25, 0.3) is 0 Å². The van der Waals surface area contributed by atoms with Crippen LogP contribution in [-0.4, -0.2) is 27.9 Å². The molecule has 0 spiro atoms. The number of rotatable bonds is 3. The van der Waals surface area contributed by atoms with Crippen molar-refractivity contribution in [2.45, 2.75) is 0 Å². The molecule has 0 amide bonds. The highest BCUT2D eigenvalue weighted by atomic mass is 32.2. The lowest BCUT2D eigenvalue weighted by molar-refractivity contribution is 0.217. The van der Waals surface area contributed by atoms with E-state index >= 15 is 0 Å². The van der Waals surface area contributed by atoms with Gasteiger partial charge in [-0.05, 0) is 0 Å². The Labute approximate surface area is 53.4 Å². The molecule has 0 saturated heterocycles. The molecule has 0 aromatic rings. The molecule has 4 nitrogen and oxygen atoms in total. The van der Waals surface area contributed by atoms with Gasteiger partial charge in [-0.3, -0.25) is 4.70 Å². The second-order valence-electron chi connectivity index (χ2n) is 1.36. The Hall–Kier alpha value is -0.200. The molecule has 0 unspecified atom stereocenters. The maximum atomic E-state index is 10.1. The molecule has 9 heavy (non-hydrogen) atoms. The largest absolute Gasteiger partial charge is 0.384 e. The van der Waals surface area contributed by atoms with Gasteiger partial charge in [-0.1, -0.05) is 0 Å². The zero-order valence-corrected chi connectivity index (χ0v) is 5.85. The smallest absolute Gasteiger partial charge is 0.211 e. The number of hydrogen-bond acceptors (Lipinski definition) is 3. The molecule has 6 heteroatoms. The maximum absolute atomic E-state index is 10.1. The Morgan fingerprint density at radius 1 is 1.56 bits per heavy atom. The van der Waals surface area contributed by atoms with Crippen molar-refractivity contribution >= 4 is 10.0 Å². The van der Waals surface area contributed by atoms with Gasteiger partial charge < -0.3 is 4.74 Å². The van der Waals surface area contributed by atoms with E-state index in [9.17, 15) is 8.42 Å². The lowest BCUT2D eigenvalue weighted by Gasteiger charge is -1.93. The summed E-state index contributed by atoms with van der Waals surface area (Å²) in [5.41, 5.74) is 0. The Morgan fingerprint density at radius 2 is 2.00 bits per heavy atom. The van der Waals surface area contributed by atoms with E-state index in [1.165, 1.54) is 7.11 Å². The van der Waals surface area contributed by atoms with E-state index in [-0.39, 0.29) is 17.1 Å². The third-order valence-electron chi connectivity index (χ3n) is 0.572. The van der Waals surface area contributed by atoms with E-state index in [2.05, 4.69) is 9.88 Å². The van der Waals surface area contributed by atoms with Gasteiger partial charge in [0.25, 0.3) is 0 Å². The maximum Gasteiger partial charge on any atom is 0.211 e. The van der Waals surface area contributed by atoms with Crippen molar-refractivity contribution < 1.29 is 17.9 Å². The summed E-state index contributed by atoms with van der Waals surface area (Å²) in [7, 11) is -1.89. The summed E-state index contributed by atoms with van der Waals surface area (Å²) < 4.78 is 24.6. The van der Waals surface area contributed by atoms with Gasteiger partial charge in [0.1, 0.15) is 0 Å². The van der Waals surface area contributed by atoms with Gasteiger partial charge in [-0.25, -0.2) is 13.6 Å². The third-order valence-corrected chi connectivity index (χ3v) is 1.31. The van der Waals surface area contributed by atoms with Crippen LogP contribution in [0.5, 0.6) is 0 Å². The molecular formula is C3H10FNO3S. The van der Waals surface area contributed by atoms with Crippen molar-refractivity contribution in [3.05, 3.63) is 0 Å². The molecule has 0 aliphatic carbocycles. The molecule has 0 heterocycles. The highest BCUT2D eigenvalue weighted by Crippen LogP contribution is 1.75. The molecule has 0 bridgehead atoms. The van der Waals surface area contributed by atoms with E-state index < -0.39 is 10.0 Å². The van der Waals surface area contributed by atoms with Gasteiger partial charge in [0.05, 0.1) is 12.4 Å². The fraction of sp³-hybridized carbons (Fsp3) is 1.00. The summed E-state index contributed by atoms with van der Waals surface area (Å²) in [5, 5.41) is 4.61. The Bertz CT molecular complexity index is 143. The first-order valence-corrected chi connectivity index (χ1v) is 3.77. The monoisotopic (exact) mass is 159 g/mol. The molecule has 0 aliphatic rings. The predicted molar refractivity (Wildman–Crippen MR) is 32.4 cm³/mol. The van der Waals surface area contributed by atoms with Gasteiger partial charge >= 0.3 is 0 Å². The molecule has 0 fully saturated rings. The number of sulfonamides is 1. The Kier molecular flexibility index (Phi) is 5.99. The summed E-state index contributed by atoms with van der Waals surface area (Å²) >= 11 is 0. The van der Waals surface area contributed by atoms with Crippen molar-refractivity contribution in [1.82, 2.24) is 0 Å². The molecule has 0 saturated carbocycles. The first-order chi connectivity index (χ1) is 3.56. The van der Waals surface area contributed by atoms with Gasteiger partial charge in [-0.15, -0.1) is 0 Å². The molecule has 0 aliphatic heterocycles. The summed E-state index contributed by atoms with van der Waals surface area (Å²) in [6.45, 7) is 0.166. The van der Waals surface area contributed by atoms with E-state index in [4.69, 9.17) is 0 Å². The van der Waals surface area contributed by atoms with Crippen LogP contribution in [0.1, 0.15) is 0 Å². The van der Waals surface area contributed by atoms with Gasteiger partial charge in [0.2, 0.25) is 10.0 Å². The van der Waals surface area contributed by atoms with Crippen LogP contribution >= 0.6 is 0 Å². The second kappa shape index (κ2) is 4.66. The Balaban J connectivity index is 0. The zero-order valence-electron chi connectivity index (χ0n) is 5.03. The van der Waals surface area contributed by atoms with E-state index in [0.717, 1.165) is 0 Å². The topological polar surface area (TPSA) is 69.4 Å². The Morgan fingerprint density at radius 3 is 2.11 bits per heavy atom. The van der Waals surface area contributed by atoms with Crippen LogP contribution < -0.4 is 5.14 Å². The predicted octanol–water partition coefficient (Wildman–Crippen LogP) is -0.926. The first-order valence-electron chi connectivity index (χ1n) is 2.05. The standard InChI is InChI=1S/C3H9NO3S.FH/c1-7-2-3-8(4,5)6;/h2-3H2,1H3,(H2,4,5,6);1H. The minimum atomic E-state index is -3.31. The third kappa shape index (κ3) is 11.4. The highest BCUT2D eigenvalue weighted by molar-refractivity contribution is 7.89. The van der Waals surface area contributed by atoms with E-state index in [0.29, 0.717) is 0 Å².